The molecule has 0 radical (unpaired) electrons. The Kier molecular flexibility index (Phi) is 7.29. The number of ether oxygens (including phenoxy) is 2. The van der Waals surface area contributed by atoms with Crippen LogP contribution in [-0.4, -0.2) is 51.9 Å². The molecule has 1 amide bonds. The van der Waals surface area contributed by atoms with Gasteiger partial charge in [0.1, 0.15) is 6.61 Å². The van der Waals surface area contributed by atoms with Crippen molar-refractivity contribution < 1.29 is 18.8 Å². The van der Waals surface area contributed by atoms with Crippen LogP contribution in [0.2, 0.25) is 0 Å². The Bertz CT molecular complexity index is 781. The van der Waals surface area contributed by atoms with Crippen LogP contribution in [0.5, 0.6) is 0 Å². The van der Waals surface area contributed by atoms with Crippen LogP contribution in [-0.2, 0) is 16.1 Å². The zero-order valence-corrected chi connectivity index (χ0v) is 17.4. The molecule has 8 nitrogen and oxygen atoms in total. The van der Waals surface area contributed by atoms with Gasteiger partial charge in [-0.25, -0.2) is 4.79 Å². The van der Waals surface area contributed by atoms with E-state index in [-0.39, 0.29) is 18.8 Å². The van der Waals surface area contributed by atoms with E-state index in [9.17, 15) is 4.79 Å². The summed E-state index contributed by atoms with van der Waals surface area (Å²) in [5.74, 6) is 1.51. The zero-order chi connectivity index (χ0) is 20.6. The highest BCUT2D eigenvalue weighted by atomic mass is 16.6. The largest absolute Gasteiger partial charge is 0.449 e. The molecule has 4 rings (SSSR count). The fraction of sp³-hybridized carbons (Fsp3) is 0.636. The van der Waals surface area contributed by atoms with Crippen molar-refractivity contribution in [1.29, 1.82) is 0 Å². The van der Waals surface area contributed by atoms with Crippen molar-refractivity contribution in [2.24, 2.45) is 5.92 Å². The lowest BCUT2D eigenvalue weighted by atomic mass is 10.0. The minimum absolute atomic E-state index is 0.0761. The number of piperidine rings is 1. The van der Waals surface area contributed by atoms with E-state index < -0.39 is 0 Å². The fourth-order valence-electron chi connectivity index (χ4n) is 4.14. The first-order valence-electron chi connectivity index (χ1n) is 11.0. The van der Waals surface area contributed by atoms with Gasteiger partial charge >= 0.3 is 6.09 Å². The van der Waals surface area contributed by atoms with Crippen LogP contribution in [0.15, 0.2) is 29.0 Å². The number of carbonyl (C=O) groups is 1. The van der Waals surface area contributed by atoms with Crippen LogP contribution in [0.4, 0.5) is 4.79 Å². The molecule has 2 fully saturated rings. The Balaban J connectivity index is 1.16. The first-order chi connectivity index (χ1) is 14.8. The number of rotatable bonds is 6. The normalized spacial score (nSPS) is 18.9. The van der Waals surface area contributed by atoms with Gasteiger partial charge in [0.05, 0.1) is 12.7 Å². The highest BCUT2D eigenvalue weighted by Gasteiger charge is 2.25. The Labute approximate surface area is 177 Å². The van der Waals surface area contributed by atoms with Gasteiger partial charge in [0, 0.05) is 31.0 Å². The maximum Gasteiger partial charge on any atom is 0.409 e. The lowest BCUT2D eigenvalue weighted by molar-refractivity contribution is -0.0135. The minimum atomic E-state index is -0.184. The molecule has 2 aromatic heterocycles. The van der Waals surface area contributed by atoms with Crippen molar-refractivity contribution in [3.8, 4) is 11.4 Å². The SMILES string of the molecule is O=C(OCC1CCCCCC1)N1CCC(OCc2nc(-c3ccncc3)no2)CC1. The van der Waals surface area contributed by atoms with Gasteiger partial charge in [-0.3, -0.25) is 4.98 Å². The Morgan fingerprint density at radius 2 is 1.80 bits per heavy atom. The van der Waals surface area contributed by atoms with E-state index in [2.05, 4.69) is 15.1 Å². The molecule has 0 spiro atoms. The van der Waals surface area contributed by atoms with Gasteiger partial charge in [0.25, 0.3) is 5.89 Å². The maximum atomic E-state index is 12.4. The molecule has 162 valence electrons. The molecular weight excluding hydrogens is 384 g/mol. The molecule has 2 aliphatic rings. The van der Waals surface area contributed by atoms with Crippen molar-refractivity contribution in [2.75, 3.05) is 19.7 Å². The zero-order valence-electron chi connectivity index (χ0n) is 17.4. The number of pyridine rings is 1. The molecule has 0 atom stereocenters. The molecule has 1 aliphatic carbocycles. The molecule has 30 heavy (non-hydrogen) atoms. The lowest BCUT2D eigenvalue weighted by Crippen LogP contribution is -2.41. The van der Waals surface area contributed by atoms with Gasteiger partial charge in [-0.15, -0.1) is 0 Å². The summed E-state index contributed by atoms with van der Waals surface area (Å²) in [5.41, 5.74) is 0.857. The predicted molar refractivity (Wildman–Crippen MR) is 109 cm³/mol. The monoisotopic (exact) mass is 414 g/mol. The van der Waals surface area contributed by atoms with Crippen LogP contribution in [0.25, 0.3) is 11.4 Å². The third kappa shape index (κ3) is 5.78. The number of nitrogens with zero attached hydrogens (tertiary/aromatic N) is 4. The van der Waals surface area contributed by atoms with Gasteiger partial charge in [0.2, 0.25) is 5.82 Å². The summed E-state index contributed by atoms with van der Waals surface area (Å²) in [6.45, 7) is 2.14. The topological polar surface area (TPSA) is 90.6 Å². The molecule has 3 heterocycles. The van der Waals surface area contributed by atoms with Crippen LogP contribution < -0.4 is 0 Å². The number of aromatic nitrogens is 3. The highest BCUT2D eigenvalue weighted by Crippen LogP contribution is 2.24. The van der Waals surface area contributed by atoms with E-state index >= 15 is 0 Å². The molecule has 1 saturated heterocycles. The fourth-order valence-corrected chi connectivity index (χ4v) is 4.14. The van der Waals surface area contributed by atoms with Crippen molar-refractivity contribution >= 4 is 6.09 Å². The average molecular weight is 415 g/mol. The highest BCUT2D eigenvalue weighted by molar-refractivity contribution is 5.67. The van der Waals surface area contributed by atoms with Crippen LogP contribution in [0.1, 0.15) is 57.3 Å². The molecule has 0 bridgehead atoms. The van der Waals surface area contributed by atoms with Crippen LogP contribution in [0, 0.1) is 5.92 Å². The molecule has 0 unspecified atom stereocenters. The second-order valence-electron chi connectivity index (χ2n) is 8.18. The molecule has 1 aliphatic heterocycles. The number of amides is 1. The van der Waals surface area contributed by atoms with E-state index in [1.165, 1.54) is 38.5 Å². The van der Waals surface area contributed by atoms with E-state index in [1.54, 1.807) is 17.3 Å². The van der Waals surface area contributed by atoms with Gasteiger partial charge in [0.15, 0.2) is 0 Å². The van der Waals surface area contributed by atoms with Crippen molar-refractivity contribution in [1.82, 2.24) is 20.0 Å². The molecule has 1 saturated carbocycles. The predicted octanol–water partition coefficient (Wildman–Crippen LogP) is 4.22. The third-order valence-electron chi connectivity index (χ3n) is 5.97. The van der Waals surface area contributed by atoms with E-state index in [4.69, 9.17) is 14.0 Å². The Morgan fingerprint density at radius 1 is 1.07 bits per heavy atom. The van der Waals surface area contributed by atoms with Gasteiger partial charge < -0.3 is 18.9 Å². The average Bonchev–Trinajstić information content (AvgIpc) is 3.12. The van der Waals surface area contributed by atoms with Gasteiger partial charge in [-0.05, 0) is 43.7 Å². The Morgan fingerprint density at radius 3 is 2.53 bits per heavy atom. The molecule has 8 heteroatoms. The summed E-state index contributed by atoms with van der Waals surface area (Å²) in [5, 5.41) is 3.99. The summed E-state index contributed by atoms with van der Waals surface area (Å²) in [6.07, 6.45) is 12.3. The van der Waals surface area contributed by atoms with E-state index in [1.807, 2.05) is 12.1 Å². The van der Waals surface area contributed by atoms with Crippen LogP contribution >= 0.6 is 0 Å². The number of hydrogen-bond donors (Lipinski definition) is 0. The summed E-state index contributed by atoms with van der Waals surface area (Å²) in [6, 6.07) is 3.67. The van der Waals surface area contributed by atoms with Crippen LogP contribution in [0.3, 0.4) is 0 Å². The minimum Gasteiger partial charge on any atom is -0.449 e. The van der Waals surface area contributed by atoms with Crippen molar-refractivity contribution in [2.45, 2.75) is 64.1 Å². The summed E-state index contributed by atoms with van der Waals surface area (Å²) < 4.78 is 16.8. The van der Waals surface area contributed by atoms with E-state index in [0.29, 0.717) is 37.3 Å². The van der Waals surface area contributed by atoms with Gasteiger partial charge in [-0.2, -0.15) is 4.98 Å². The molecular formula is C22H30N4O4. The molecule has 0 N–H and O–H groups in total. The smallest absolute Gasteiger partial charge is 0.409 e. The summed E-state index contributed by atoms with van der Waals surface area (Å²) in [4.78, 5) is 22.5. The first-order valence-corrected chi connectivity index (χ1v) is 11.0. The second-order valence-corrected chi connectivity index (χ2v) is 8.18. The number of carbonyl (C=O) groups excluding carboxylic acids is 1. The second kappa shape index (κ2) is 10.5. The standard InChI is InChI=1S/C22H30N4O4/c27-22(29-15-17-5-3-1-2-4-6-17)26-13-9-19(10-14-26)28-16-20-24-21(25-30-20)18-7-11-23-12-8-18/h7-8,11-12,17,19H,1-6,9-10,13-16H2. The quantitative estimate of drug-likeness (QED) is 0.654. The molecule has 0 aromatic carbocycles. The van der Waals surface area contributed by atoms with Gasteiger partial charge in [-0.1, -0.05) is 30.8 Å². The number of hydrogen-bond acceptors (Lipinski definition) is 7. The summed E-state index contributed by atoms with van der Waals surface area (Å²) >= 11 is 0. The Hall–Kier alpha value is -2.48. The maximum absolute atomic E-state index is 12.4. The van der Waals surface area contributed by atoms with Crippen molar-refractivity contribution in [3.63, 3.8) is 0 Å². The summed E-state index contributed by atoms with van der Waals surface area (Å²) in [7, 11) is 0. The van der Waals surface area contributed by atoms with Crippen molar-refractivity contribution in [3.05, 3.63) is 30.4 Å². The van der Waals surface area contributed by atoms with E-state index in [0.717, 1.165) is 18.4 Å². The molecule has 2 aromatic rings. The number of likely N-dealkylation sites (tertiary alicyclic amines) is 1. The third-order valence-corrected chi connectivity index (χ3v) is 5.97. The lowest BCUT2D eigenvalue weighted by Gasteiger charge is -2.31. The first kappa shape index (κ1) is 20.8.